The first kappa shape index (κ1) is 20.7. The average molecular weight is 437 g/mol. The summed E-state index contributed by atoms with van der Waals surface area (Å²) in [5.41, 5.74) is 16.0. The number of nitrogen functional groups attached to an aromatic ring is 1. The van der Waals surface area contributed by atoms with Gasteiger partial charge in [0, 0.05) is 44.0 Å². The third kappa shape index (κ3) is 3.89. The predicted molar refractivity (Wildman–Crippen MR) is 123 cm³/mol. The van der Waals surface area contributed by atoms with E-state index in [1.54, 1.807) is 18.6 Å². The normalized spacial score (nSPS) is 23.6. The van der Waals surface area contributed by atoms with E-state index >= 15 is 0 Å². The Morgan fingerprint density at radius 3 is 2.97 bits per heavy atom. The van der Waals surface area contributed by atoms with Gasteiger partial charge < -0.3 is 30.8 Å². The number of anilines is 3. The van der Waals surface area contributed by atoms with Gasteiger partial charge in [-0.05, 0) is 36.5 Å². The molecule has 2 aliphatic rings. The van der Waals surface area contributed by atoms with Gasteiger partial charge in [-0.25, -0.2) is 0 Å². The first-order valence-electron chi connectivity index (χ1n) is 11.0. The molecular weight excluding hydrogens is 408 g/mol. The molecule has 32 heavy (non-hydrogen) atoms. The average Bonchev–Trinajstić information content (AvgIpc) is 3.40. The summed E-state index contributed by atoms with van der Waals surface area (Å²) in [6.45, 7) is 5.18. The summed E-state index contributed by atoms with van der Waals surface area (Å²) in [5, 5.41) is 2.96. The van der Waals surface area contributed by atoms with Gasteiger partial charge in [0.15, 0.2) is 5.58 Å². The standard InChI is InChI=1S/C23H28N6O3/c1-13-6-16(24)11-29(10-13)18-2-4-26-9-17(18)28-23(30)20-21-19(32-22(20)25)7-15(8-27-21)14-3-5-31-12-14/h2,4,7-9,13-14,16H,3,5-6,10-12,24-25H2,1H3,(H,28,30)/t13-,14?,16+/m1/s1. The van der Waals surface area contributed by atoms with Gasteiger partial charge >= 0.3 is 0 Å². The molecule has 0 radical (unpaired) electrons. The quantitative estimate of drug-likeness (QED) is 0.569. The van der Waals surface area contributed by atoms with Crippen molar-refractivity contribution in [1.82, 2.24) is 9.97 Å². The number of nitrogens with one attached hydrogen (secondary N) is 1. The molecule has 2 fully saturated rings. The van der Waals surface area contributed by atoms with E-state index in [1.807, 2.05) is 12.1 Å². The van der Waals surface area contributed by atoms with Crippen molar-refractivity contribution >= 4 is 34.3 Å². The maximum Gasteiger partial charge on any atom is 0.263 e. The number of hydrogen-bond donors (Lipinski definition) is 3. The lowest BCUT2D eigenvalue weighted by Gasteiger charge is -2.37. The second-order valence-electron chi connectivity index (χ2n) is 8.87. The largest absolute Gasteiger partial charge is 0.438 e. The molecule has 168 valence electrons. The molecule has 1 unspecified atom stereocenters. The minimum Gasteiger partial charge on any atom is -0.438 e. The van der Waals surface area contributed by atoms with Crippen LogP contribution >= 0.6 is 0 Å². The number of piperidine rings is 1. The summed E-state index contributed by atoms with van der Waals surface area (Å²) < 4.78 is 11.2. The summed E-state index contributed by atoms with van der Waals surface area (Å²) in [4.78, 5) is 24.1. The molecule has 5 rings (SSSR count). The lowest BCUT2D eigenvalue weighted by Crippen LogP contribution is -2.46. The van der Waals surface area contributed by atoms with Crippen LogP contribution in [-0.2, 0) is 4.74 Å². The van der Waals surface area contributed by atoms with Crippen LogP contribution in [0.2, 0.25) is 0 Å². The number of furan rings is 1. The van der Waals surface area contributed by atoms with Crippen LogP contribution in [0.4, 0.5) is 17.3 Å². The molecule has 3 aromatic rings. The van der Waals surface area contributed by atoms with Gasteiger partial charge in [0.2, 0.25) is 5.88 Å². The van der Waals surface area contributed by atoms with Crippen molar-refractivity contribution in [3.63, 3.8) is 0 Å². The molecule has 5 N–H and O–H groups in total. The van der Waals surface area contributed by atoms with E-state index < -0.39 is 0 Å². The number of carbonyl (C=O) groups is 1. The zero-order valence-corrected chi connectivity index (χ0v) is 18.1. The van der Waals surface area contributed by atoms with E-state index in [0.717, 1.165) is 43.8 Å². The fourth-order valence-corrected chi connectivity index (χ4v) is 4.79. The molecule has 0 saturated carbocycles. The number of fused-ring (bicyclic) bond motifs is 1. The molecule has 0 aliphatic carbocycles. The molecule has 1 amide bonds. The van der Waals surface area contributed by atoms with Crippen LogP contribution in [-0.4, -0.2) is 48.2 Å². The predicted octanol–water partition coefficient (Wildman–Crippen LogP) is 2.73. The second kappa shape index (κ2) is 8.40. The molecule has 3 atom stereocenters. The Morgan fingerprint density at radius 1 is 1.31 bits per heavy atom. The molecule has 9 nitrogen and oxygen atoms in total. The Bertz CT molecular complexity index is 1130. The molecular formula is C23H28N6O3. The lowest BCUT2D eigenvalue weighted by molar-refractivity contribution is 0.102. The Balaban J connectivity index is 1.43. The molecule has 5 heterocycles. The second-order valence-corrected chi connectivity index (χ2v) is 8.87. The molecule has 3 aromatic heterocycles. The van der Waals surface area contributed by atoms with Crippen molar-refractivity contribution in [3.8, 4) is 0 Å². The number of nitrogens with zero attached hydrogens (tertiary/aromatic N) is 3. The van der Waals surface area contributed by atoms with Gasteiger partial charge in [-0.15, -0.1) is 0 Å². The molecule has 0 aromatic carbocycles. The van der Waals surface area contributed by atoms with Crippen molar-refractivity contribution in [2.45, 2.75) is 31.7 Å². The number of aromatic nitrogens is 2. The van der Waals surface area contributed by atoms with Gasteiger partial charge in [-0.2, -0.15) is 0 Å². The smallest absolute Gasteiger partial charge is 0.263 e. The van der Waals surface area contributed by atoms with Crippen LogP contribution in [0, 0.1) is 5.92 Å². The Kier molecular flexibility index (Phi) is 5.44. The molecule has 2 aliphatic heterocycles. The summed E-state index contributed by atoms with van der Waals surface area (Å²) in [5.74, 6) is 0.414. The van der Waals surface area contributed by atoms with Crippen LogP contribution in [0.1, 0.15) is 41.6 Å². The number of pyridine rings is 2. The highest BCUT2D eigenvalue weighted by Crippen LogP contribution is 2.33. The van der Waals surface area contributed by atoms with E-state index in [1.165, 1.54) is 0 Å². The van der Waals surface area contributed by atoms with E-state index in [2.05, 4.69) is 27.1 Å². The summed E-state index contributed by atoms with van der Waals surface area (Å²) in [6.07, 6.45) is 7.06. The Hall–Kier alpha value is -3.17. The topological polar surface area (TPSA) is 133 Å². The van der Waals surface area contributed by atoms with Gasteiger partial charge in [0.05, 0.1) is 24.2 Å². The van der Waals surface area contributed by atoms with E-state index in [0.29, 0.717) is 29.3 Å². The third-order valence-electron chi connectivity index (χ3n) is 6.28. The minimum atomic E-state index is -0.380. The SMILES string of the molecule is C[C@@H]1C[C@H](N)CN(c2ccncc2NC(=O)c2c(N)oc3cc(C4CCOC4)cnc23)C1. The maximum absolute atomic E-state index is 13.2. The molecule has 9 heteroatoms. The van der Waals surface area contributed by atoms with Gasteiger partial charge in [0.25, 0.3) is 5.91 Å². The van der Waals surface area contributed by atoms with Crippen LogP contribution in [0.25, 0.3) is 11.1 Å². The number of hydrogen-bond acceptors (Lipinski definition) is 8. The maximum atomic E-state index is 13.2. The summed E-state index contributed by atoms with van der Waals surface area (Å²) >= 11 is 0. The van der Waals surface area contributed by atoms with Gasteiger partial charge in [-0.1, -0.05) is 6.92 Å². The van der Waals surface area contributed by atoms with Crippen molar-refractivity contribution < 1.29 is 13.9 Å². The molecule has 0 spiro atoms. The highest BCUT2D eigenvalue weighted by atomic mass is 16.5. The fraction of sp³-hybridized carbons (Fsp3) is 0.435. The fourth-order valence-electron chi connectivity index (χ4n) is 4.79. The van der Waals surface area contributed by atoms with Crippen LogP contribution in [0.5, 0.6) is 0 Å². The molecule has 2 saturated heterocycles. The Labute approximate surface area is 186 Å². The van der Waals surface area contributed by atoms with E-state index in [4.69, 9.17) is 20.6 Å². The number of rotatable bonds is 4. The monoisotopic (exact) mass is 436 g/mol. The minimum absolute atomic E-state index is 0.0453. The highest BCUT2D eigenvalue weighted by Gasteiger charge is 2.27. The number of nitrogens with two attached hydrogens (primary N) is 2. The zero-order chi connectivity index (χ0) is 22.2. The van der Waals surface area contributed by atoms with Crippen LogP contribution in [0.3, 0.4) is 0 Å². The summed E-state index contributed by atoms with van der Waals surface area (Å²) in [6, 6.07) is 3.89. The summed E-state index contributed by atoms with van der Waals surface area (Å²) in [7, 11) is 0. The van der Waals surface area contributed by atoms with Crippen molar-refractivity contribution in [2.24, 2.45) is 11.7 Å². The zero-order valence-electron chi connectivity index (χ0n) is 18.1. The number of ether oxygens (including phenoxy) is 1. The lowest BCUT2D eigenvalue weighted by atomic mass is 9.96. The Morgan fingerprint density at radius 2 is 2.19 bits per heavy atom. The van der Waals surface area contributed by atoms with Crippen molar-refractivity contribution in [3.05, 3.63) is 41.9 Å². The van der Waals surface area contributed by atoms with Crippen molar-refractivity contribution in [1.29, 1.82) is 0 Å². The number of amides is 1. The van der Waals surface area contributed by atoms with Crippen LogP contribution < -0.4 is 21.7 Å². The third-order valence-corrected chi connectivity index (χ3v) is 6.28. The number of carbonyl (C=O) groups excluding carboxylic acids is 1. The molecule has 0 bridgehead atoms. The van der Waals surface area contributed by atoms with Gasteiger partial charge in [0.1, 0.15) is 11.1 Å². The highest BCUT2D eigenvalue weighted by molar-refractivity contribution is 6.15. The van der Waals surface area contributed by atoms with Gasteiger partial charge in [-0.3, -0.25) is 14.8 Å². The van der Waals surface area contributed by atoms with E-state index in [9.17, 15) is 4.79 Å². The first-order chi connectivity index (χ1) is 15.5. The van der Waals surface area contributed by atoms with Crippen LogP contribution in [0.15, 0.2) is 35.1 Å². The van der Waals surface area contributed by atoms with Crippen molar-refractivity contribution in [2.75, 3.05) is 42.3 Å². The van der Waals surface area contributed by atoms with E-state index in [-0.39, 0.29) is 29.3 Å². The first-order valence-corrected chi connectivity index (χ1v) is 11.0.